The van der Waals surface area contributed by atoms with Crippen LogP contribution in [0.2, 0.25) is 0 Å². The maximum absolute atomic E-state index is 11.8. The predicted octanol–water partition coefficient (Wildman–Crippen LogP) is 4.90. The molecule has 3 rings (SSSR count). The van der Waals surface area contributed by atoms with Crippen LogP contribution >= 0.6 is 0 Å². The van der Waals surface area contributed by atoms with Crippen molar-refractivity contribution in [3.63, 3.8) is 0 Å². The lowest BCUT2D eigenvalue weighted by Crippen LogP contribution is -1.99. The summed E-state index contributed by atoms with van der Waals surface area (Å²) in [6.07, 6.45) is 4.13. The average Bonchev–Trinajstić information content (AvgIpc) is 2.56. The van der Waals surface area contributed by atoms with Gasteiger partial charge in [0, 0.05) is 17.5 Å². The first-order valence-electron chi connectivity index (χ1n) is 8.04. The molecule has 3 aromatic rings. The Morgan fingerprint density at radius 3 is 2.57 bits per heavy atom. The van der Waals surface area contributed by atoms with E-state index in [1.165, 1.54) is 6.07 Å². The number of phenolic OH excluding ortho intramolecular Hbond substituents is 1. The fraction of sp³-hybridized carbons (Fsp3) is 0.250. The normalized spacial score (nSPS) is 11.0. The Hall–Kier alpha value is -2.55. The van der Waals surface area contributed by atoms with Gasteiger partial charge >= 0.3 is 5.63 Å². The monoisotopic (exact) mass is 308 g/mol. The van der Waals surface area contributed by atoms with E-state index in [-0.39, 0.29) is 5.75 Å². The predicted molar refractivity (Wildman–Crippen MR) is 92.8 cm³/mol. The maximum Gasteiger partial charge on any atom is 0.336 e. The van der Waals surface area contributed by atoms with E-state index < -0.39 is 5.63 Å². The van der Waals surface area contributed by atoms with Gasteiger partial charge in [0.05, 0.1) is 0 Å². The van der Waals surface area contributed by atoms with Crippen molar-refractivity contribution in [2.75, 3.05) is 0 Å². The van der Waals surface area contributed by atoms with E-state index in [4.69, 9.17) is 4.42 Å². The standard InChI is InChI=1S/C20H20O3/c1-2-3-5-10-15-11-17-16(14-8-6-4-7-9-14)12-20(22)23-19(17)13-18(15)21/h4,6-9,11-13,21H,2-3,5,10H2,1H3. The number of aromatic hydroxyl groups is 1. The number of hydrogen-bond acceptors (Lipinski definition) is 3. The van der Waals surface area contributed by atoms with Crippen LogP contribution in [-0.2, 0) is 6.42 Å². The van der Waals surface area contributed by atoms with Crippen molar-refractivity contribution >= 4 is 11.0 Å². The molecule has 3 nitrogen and oxygen atoms in total. The molecular formula is C20H20O3. The molecule has 1 heterocycles. The van der Waals surface area contributed by atoms with Gasteiger partial charge in [0.1, 0.15) is 11.3 Å². The minimum absolute atomic E-state index is 0.196. The highest BCUT2D eigenvalue weighted by atomic mass is 16.4. The molecule has 2 aromatic carbocycles. The van der Waals surface area contributed by atoms with E-state index in [1.54, 1.807) is 6.07 Å². The van der Waals surface area contributed by atoms with Crippen LogP contribution in [0.3, 0.4) is 0 Å². The molecule has 1 N–H and O–H groups in total. The second kappa shape index (κ2) is 6.69. The Balaban J connectivity index is 2.15. The third kappa shape index (κ3) is 3.29. The highest BCUT2D eigenvalue weighted by Gasteiger charge is 2.11. The van der Waals surface area contributed by atoms with Gasteiger partial charge in [-0.1, -0.05) is 50.1 Å². The Morgan fingerprint density at radius 2 is 1.83 bits per heavy atom. The summed E-state index contributed by atoms with van der Waals surface area (Å²) in [7, 11) is 0. The SMILES string of the molecule is CCCCCc1cc2c(-c3ccccc3)cc(=O)oc2cc1O. The lowest BCUT2D eigenvalue weighted by atomic mass is 9.98. The quantitative estimate of drug-likeness (QED) is 0.539. The average molecular weight is 308 g/mol. The summed E-state index contributed by atoms with van der Waals surface area (Å²) in [6.45, 7) is 2.16. The molecule has 0 aliphatic heterocycles. The number of benzene rings is 2. The van der Waals surface area contributed by atoms with Crippen molar-refractivity contribution in [2.45, 2.75) is 32.6 Å². The largest absolute Gasteiger partial charge is 0.508 e. The summed E-state index contributed by atoms with van der Waals surface area (Å²) in [5.74, 6) is 0.196. The van der Waals surface area contributed by atoms with Crippen LogP contribution in [-0.4, -0.2) is 5.11 Å². The zero-order valence-corrected chi connectivity index (χ0v) is 13.2. The van der Waals surface area contributed by atoms with Crippen LogP contribution < -0.4 is 5.63 Å². The summed E-state index contributed by atoms with van der Waals surface area (Å²) in [5, 5.41) is 11.1. The van der Waals surface area contributed by atoms with Gasteiger partial charge in [-0.2, -0.15) is 0 Å². The highest BCUT2D eigenvalue weighted by molar-refractivity contribution is 5.94. The van der Waals surface area contributed by atoms with Gasteiger partial charge < -0.3 is 9.52 Å². The summed E-state index contributed by atoms with van der Waals surface area (Å²) >= 11 is 0. The molecule has 0 spiro atoms. The number of aryl methyl sites for hydroxylation is 1. The van der Waals surface area contributed by atoms with Gasteiger partial charge in [-0.3, -0.25) is 0 Å². The van der Waals surface area contributed by atoms with Gasteiger partial charge in [-0.05, 0) is 35.6 Å². The van der Waals surface area contributed by atoms with E-state index in [1.807, 2.05) is 36.4 Å². The number of hydrogen-bond donors (Lipinski definition) is 1. The molecule has 0 atom stereocenters. The van der Waals surface area contributed by atoms with Crippen LogP contribution in [0.5, 0.6) is 5.75 Å². The Labute approximate surface area is 135 Å². The molecular weight excluding hydrogens is 288 g/mol. The van der Waals surface area contributed by atoms with Crippen LogP contribution in [0.15, 0.2) is 57.7 Å². The maximum atomic E-state index is 11.8. The van der Waals surface area contributed by atoms with Crippen LogP contribution in [0.1, 0.15) is 31.7 Å². The molecule has 0 amide bonds. The van der Waals surface area contributed by atoms with Crippen LogP contribution in [0.4, 0.5) is 0 Å². The molecule has 0 fully saturated rings. The van der Waals surface area contributed by atoms with Gasteiger partial charge in [0.15, 0.2) is 0 Å². The van der Waals surface area contributed by atoms with Crippen molar-refractivity contribution in [3.8, 4) is 16.9 Å². The molecule has 0 aliphatic carbocycles. The summed E-state index contributed by atoms with van der Waals surface area (Å²) in [6, 6.07) is 14.8. The fourth-order valence-electron chi connectivity index (χ4n) is 2.86. The van der Waals surface area contributed by atoms with Crippen molar-refractivity contribution in [1.29, 1.82) is 0 Å². The molecule has 0 saturated heterocycles. The number of phenols is 1. The van der Waals surface area contributed by atoms with E-state index in [0.717, 1.165) is 47.8 Å². The Morgan fingerprint density at radius 1 is 1.04 bits per heavy atom. The van der Waals surface area contributed by atoms with Crippen molar-refractivity contribution in [1.82, 2.24) is 0 Å². The van der Waals surface area contributed by atoms with Gasteiger partial charge in [-0.25, -0.2) is 4.79 Å². The molecule has 0 bridgehead atoms. The molecule has 1 aromatic heterocycles. The third-order valence-electron chi connectivity index (χ3n) is 4.08. The van der Waals surface area contributed by atoms with Crippen molar-refractivity contribution in [3.05, 3.63) is 64.5 Å². The van der Waals surface area contributed by atoms with E-state index in [2.05, 4.69) is 6.92 Å². The van der Waals surface area contributed by atoms with Crippen molar-refractivity contribution in [2.24, 2.45) is 0 Å². The summed E-state index contributed by atoms with van der Waals surface area (Å²) in [4.78, 5) is 11.8. The number of fused-ring (bicyclic) bond motifs is 1. The minimum Gasteiger partial charge on any atom is -0.508 e. The number of unbranched alkanes of at least 4 members (excludes halogenated alkanes) is 2. The first kappa shape index (κ1) is 15.3. The van der Waals surface area contributed by atoms with Gasteiger partial charge in [0.2, 0.25) is 0 Å². The third-order valence-corrected chi connectivity index (χ3v) is 4.08. The molecule has 0 aliphatic rings. The Bertz CT molecular complexity index is 863. The first-order valence-corrected chi connectivity index (χ1v) is 8.04. The molecule has 118 valence electrons. The molecule has 23 heavy (non-hydrogen) atoms. The van der Waals surface area contributed by atoms with E-state index in [9.17, 15) is 9.90 Å². The summed E-state index contributed by atoms with van der Waals surface area (Å²) < 4.78 is 5.27. The smallest absolute Gasteiger partial charge is 0.336 e. The molecule has 0 radical (unpaired) electrons. The molecule has 0 saturated carbocycles. The minimum atomic E-state index is -0.408. The zero-order valence-electron chi connectivity index (χ0n) is 13.2. The second-order valence-electron chi connectivity index (χ2n) is 5.78. The van der Waals surface area contributed by atoms with E-state index in [0.29, 0.717) is 5.58 Å². The topological polar surface area (TPSA) is 50.4 Å². The fourth-order valence-corrected chi connectivity index (χ4v) is 2.86. The van der Waals surface area contributed by atoms with Crippen LogP contribution in [0.25, 0.3) is 22.1 Å². The lowest BCUT2D eigenvalue weighted by Gasteiger charge is -2.10. The first-order chi connectivity index (χ1) is 11.2. The van der Waals surface area contributed by atoms with Gasteiger partial charge in [0.25, 0.3) is 0 Å². The Kier molecular flexibility index (Phi) is 4.47. The molecule has 3 heteroatoms. The second-order valence-corrected chi connectivity index (χ2v) is 5.78. The van der Waals surface area contributed by atoms with Crippen molar-refractivity contribution < 1.29 is 9.52 Å². The van der Waals surface area contributed by atoms with Crippen LogP contribution in [0, 0.1) is 0 Å². The highest BCUT2D eigenvalue weighted by Crippen LogP contribution is 2.32. The van der Waals surface area contributed by atoms with Gasteiger partial charge in [-0.15, -0.1) is 0 Å². The lowest BCUT2D eigenvalue weighted by molar-refractivity contribution is 0.464. The summed E-state index contributed by atoms with van der Waals surface area (Å²) in [5.41, 5.74) is 2.73. The zero-order chi connectivity index (χ0) is 16.2. The molecule has 0 unspecified atom stereocenters. The van der Waals surface area contributed by atoms with E-state index >= 15 is 0 Å². The number of rotatable bonds is 5.